The van der Waals surface area contributed by atoms with Crippen molar-refractivity contribution < 1.29 is 9.63 Å². The van der Waals surface area contributed by atoms with Gasteiger partial charge in [0.15, 0.2) is 0 Å². The Morgan fingerprint density at radius 3 is 2.33 bits per heavy atom. The molecule has 2 rings (SSSR count). The first-order valence-corrected chi connectivity index (χ1v) is 8.02. The van der Waals surface area contributed by atoms with Crippen LogP contribution < -0.4 is 5.32 Å². The second kappa shape index (κ2) is 7.77. The molecule has 0 saturated carbocycles. The molecule has 0 aliphatic heterocycles. The molecule has 0 spiro atoms. The number of anilines is 1. The standard InChI is InChI=1S/C20H24N2O2/c1-13-10-15(3)19(16(4)11-13)22-20(23)17(5)24-21-12-18-9-7-6-8-14(18)2/h6-12,17H,1-5H3,(H,22,23)/b21-12+. The maximum atomic E-state index is 12.3. The maximum absolute atomic E-state index is 12.3. The molecule has 0 aliphatic carbocycles. The molecule has 1 amide bonds. The van der Waals surface area contributed by atoms with Gasteiger partial charge in [-0.2, -0.15) is 0 Å². The average Bonchev–Trinajstić information content (AvgIpc) is 2.52. The van der Waals surface area contributed by atoms with Crippen LogP contribution in [0.4, 0.5) is 5.69 Å². The number of hydrogen-bond acceptors (Lipinski definition) is 3. The van der Waals surface area contributed by atoms with Crippen molar-refractivity contribution in [2.24, 2.45) is 5.16 Å². The molecule has 0 fully saturated rings. The molecular formula is C20H24N2O2. The summed E-state index contributed by atoms with van der Waals surface area (Å²) in [5, 5.41) is 6.87. The van der Waals surface area contributed by atoms with E-state index in [-0.39, 0.29) is 5.91 Å². The van der Waals surface area contributed by atoms with Gasteiger partial charge in [0.1, 0.15) is 0 Å². The van der Waals surface area contributed by atoms with E-state index in [2.05, 4.69) is 10.5 Å². The third kappa shape index (κ3) is 4.44. The number of nitrogens with one attached hydrogen (secondary N) is 1. The Labute approximate surface area is 143 Å². The number of carbonyl (C=O) groups excluding carboxylic acids is 1. The van der Waals surface area contributed by atoms with Gasteiger partial charge in [-0.3, -0.25) is 4.79 Å². The molecule has 4 heteroatoms. The first kappa shape index (κ1) is 17.7. The topological polar surface area (TPSA) is 50.7 Å². The summed E-state index contributed by atoms with van der Waals surface area (Å²) >= 11 is 0. The molecule has 1 atom stereocenters. The first-order chi connectivity index (χ1) is 11.4. The smallest absolute Gasteiger partial charge is 0.268 e. The zero-order valence-corrected chi connectivity index (χ0v) is 14.9. The van der Waals surface area contributed by atoms with Crippen LogP contribution in [0.5, 0.6) is 0 Å². The highest BCUT2D eigenvalue weighted by Gasteiger charge is 2.16. The maximum Gasteiger partial charge on any atom is 0.268 e. The number of aryl methyl sites for hydroxylation is 4. The molecule has 126 valence electrons. The Hall–Kier alpha value is -2.62. The van der Waals surface area contributed by atoms with Crippen molar-refractivity contribution in [2.45, 2.75) is 40.7 Å². The van der Waals surface area contributed by atoms with Crippen LogP contribution in [0.25, 0.3) is 0 Å². The first-order valence-electron chi connectivity index (χ1n) is 8.02. The molecule has 0 heterocycles. The van der Waals surface area contributed by atoms with Crippen LogP contribution in [0.1, 0.15) is 34.7 Å². The number of benzene rings is 2. The quantitative estimate of drug-likeness (QED) is 0.658. The number of amides is 1. The van der Waals surface area contributed by atoms with Crippen molar-refractivity contribution in [3.05, 3.63) is 64.2 Å². The molecule has 0 aliphatic rings. The third-order valence-electron chi connectivity index (χ3n) is 3.89. The Bertz CT molecular complexity index is 743. The summed E-state index contributed by atoms with van der Waals surface area (Å²) < 4.78 is 0. The minimum atomic E-state index is -0.676. The molecule has 0 bridgehead atoms. The van der Waals surface area contributed by atoms with E-state index in [0.717, 1.165) is 27.9 Å². The van der Waals surface area contributed by atoms with Crippen LogP contribution in [-0.4, -0.2) is 18.2 Å². The fraction of sp³-hybridized carbons (Fsp3) is 0.300. The molecule has 0 saturated heterocycles. The molecule has 2 aromatic carbocycles. The van der Waals surface area contributed by atoms with Gasteiger partial charge < -0.3 is 10.2 Å². The molecule has 4 nitrogen and oxygen atoms in total. The largest absolute Gasteiger partial charge is 0.383 e. The number of carbonyl (C=O) groups is 1. The van der Waals surface area contributed by atoms with E-state index < -0.39 is 6.10 Å². The Balaban J connectivity index is 1.99. The monoisotopic (exact) mass is 324 g/mol. The van der Waals surface area contributed by atoms with E-state index >= 15 is 0 Å². The van der Waals surface area contributed by atoms with Crippen LogP contribution in [0.2, 0.25) is 0 Å². The molecule has 1 unspecified atom stereocenters. The van der Waals surface area contributed by atoms with Gasteiger partial charge in [0.2, 0.25) is 6.10 Å². The number of rotatable bonds is 5. The van der Waals surface area contributed by atoms with Crippen LogP contribution in [0, 0.1) is 27.7 Å². The van der Waals surface area contributed by atoms with E-state index in [1.165, 1.54) is 5.56 Å². The van der Waals surface area contributed by atoms with Gasteiger partial charge in [0.25, 0.3) is 5.91 Å². The van der Waals surface area contributed by atoms with Gasteiger partial charge in [-0.15, -0.1) is 0 Å². The zero-order chi connectivity index (χ0) is 17.7. The fourth-order valence-corrected chi connectivity index (χ4v) is 2.56. The van der Waals surface area contributed by atoms with Crippen molar-refractivity contribution in [2.75, 3.05) is 5.32 Å². The van der Waals surface area contributed by atoms with Gasteiger partial charge in [-0.1, -0.05) is 47.1 Å². The summed E-state index contributed by atoms with van der Waals surface area (Å²) in [6, 6.07) is 11.9. The lowest BCUT2D eigenvalue weighted by Crippen LogP contribution is -2.27. The number of nitrogens with zero attached hydrogens (tertiary/aromatic N) is 1. The van der Waals surface area contributed by atoms with E-state index in [4.69, 9.17) is 4.84 Å². The summed E-state index contributed by atoms with van der Waals surface area (Å²) in [5.74, 6) is -0.216. The van der Waals surface area contributed by atoms with Gasteiger partial charge >= 0.3 is 0 Å². The summed E-state index contributed by atoms with van der Waals surface area (Å²) in [7, 11) is 0. The van der Waals surface area contributed by atoms with Gasteiger partial charge in [0.05, 0.1) is 6.21 Å². The zero-order valence-electron chi connectivity index (χ0n) is 14.9. The predicted octanol–water partition coefficient (Wildman–Crippen LogP) is 4.30. The number of hydrogen-bond donors (Lipinski definition) is 1. The third-order valence-corrected chi connectivity index (χ3v) is 3.89. The summed E-state index contributed by atoms with van der Waals surface area (Å²) in [6.07, 6.45) is 0.951. The molecule has 2 aromatic rings. The lowest BCUT2D eigenvalue weighted by Gasteiger charge is -2.15. The number of oxime groups is 1. The van der Waals surface area contributed by atoms with Crippen LogP contribution in [-0.2, 0) is 9.63 Å². The fourth-order valence-electron chi connectivity index (χ4n) is 2.56. The van der Waals surface area contributed by atoms with Crippen LogP contribution in [0.3, 0.4) is 0 Å². The molecule has 0 aromatic heterocycles. The highest BCUT2D eigenvalue weighted by Crippen LogP contribution is 2.22. The summed E-state index contributed by atoms with van der Waals surface area (Å²) in [5.41, 5.74) is 6.16. The molecule has 0 radical (unpaired) electrons. The van der Waals surface area contributed by atoms with Crippen molar-refractivity contribution in [3.8, 4) is 0 Å². The molecule has 24 heavy (non-hydrogen) atoms. The van der Waals surface area contributed by atoms with Gasteiger partial charge in [0, 0.05) is 5.69 Å². The van der Waals surface area contributed by atoms with Gasteiger partial charge in [-0.25, -0.2) is 0 Å². The minimum Gasteiger partial charge on any atom is -0.383 e. The van der Waals surface area contributed by atoms with E-state index in [0.29, 0.717) is 0 Å². The minimum absolute atomic E-state index is 0.216. The SMILES string of the molecule is Cc1cc(C)c(NC(=O)C(C)O/N=C/c2ccccc2C)c(C)c1. The van der Waals surface area contributed by atoms with Crippen molar-refractivity contribution >= 4 is 17.8 Å². The van der Waals surface area contributed by atoms with Crippen molar-refractivity contribution in [1.82, 2.24) is 0 Å². The summed E-state index contributed by atoms with van der Waals surface area (Å²) in [4.78, 5) is 17.6. The Morgan fingerprint density at radius 1 is 1.08 bits per heavy atom. The van der Waals surface area contributed by atoms with Crippen LogP contribution >= 0.6 is 0 Å². The highest BCUT2D eigenvalue weighted by atomic mass is 16.6. The van der Waals surface area contributed by atoms with Crippen LogP contribution in [0.15, 0.2) is 41.6 Å². The predicted molar refractivity (Wildman–Crippen MR) is 98.6 cm³/mol. The van der Waals surface area contributed by atoms with E-state index in [1.54, 1.807) is 13.1 Å². The Morgan fingerprint density at radius 2 is 1.71 bits per heavy atom. The lowest BCUT2D eigenvalue weighted by atomic mass is 10.0. The second-order valence-electron chi connectivity index (χ2n) is 6.10. The highest BCUT2D eigenvalue weighted by molar-refractivity contribution is 5.95. The van der Waals surface area contributed by atoms with E-state index in [1.807, 2.05) is 64.1 Å². The lowest BCUT2D eigenvalue weighted by molar-refractivity contribution is -0.126. The second-order valence-corrected chi connectivity index (χ2v) is 6.10. The summed E-state index contributed by atoms with van der Waals surface area (Å²) in [6.45, 7) is 9.69. The Kier molecular flexibility index (Phi) is 5.74. The molecule has 1 N–H and O–H groups in total. The van der Waals surface area contributed by atoms with Crippen molar-refractivity contribution in [3.63, 3.8) is 0 Å². The van der Waals surface area contributed by atoms with Crippen molar-refractivity contribution in [1.29, 1.82) is 0 Å². The van der Waals surface area contributed by atoms with E-state index in [9.17, 15) is 4.79 Å². The normalized spacial score (nSPS) is 12.2. The van der Waals surface area contributed by atoms with Gasteiger partial charge in [-0.05, 0) is 56.9 Å². The average molecular weight is 324 g/mol. The molecular weight excluding hydrogens is 300 g/mol.